The maximum atomic E-state index is 12.1. The number of carbonyl (C=O) groups is 3. The van der Waals surface area contributed by atoms with E-state index in [2.05, 4.69) is 26.0 Å². The third-order valence-corrected chi connectivity index (χ3v) is 4.91. The number of esters is 2. The number of hydrogen-bond donors (Lipinski definition) is 0. The molecule has 0 rings (SSSR count). The van der Waals surface area contributed by atoms with Crippen molar-refractivity contribution in [2.45, 2.75) is 85.2 Å². The molecular weight excluding hydrogens is 392 g/mol. The molecule has 0 aromatic rings. The van der Waals surface area contributed by atoms with Gasteiger partial charge in [0.1, 0.15) is 13.2 Å². The lowest BCUT2D eigenvalue weighted by atomic mass is 10.0. The van der Waals surface area contributed by atoms with Crippen LogP contribution in [0.15, 0.2) is 12.2 Å². The standard InChI is InChI=1S/C22H38O6S/c1-5-7-9-10-11-12-14-29-22(25)27-17-20(16-26-19(4)23)28-21(24)15-18(3)13-8-6-2/h10-11,18,20H,5-9,12-17H2,1-4H3/b11-10-. The zero-order chi connectivity index (χ0) is 21.9. The first kappa shape index (κ1) is 27.5. The highest BCUT2D eigenvalue weighted by Crippen LogP contribution is 2.14. The third kappa shape index (κ3) is 18.3. The molecule has 0 bridgehead atoms. The predicted octanol–water partition coefficient (Wildman–Crippen LogP) is 5.68. The van der Waals surface area contributed by atoms with Gasteiger partial charge in [-0.15, -0.1) is 0 Å². The highest BCUT2D eigenvalue weighted by atomic mass is 32.2. The summed E-state index contributed by atoms with van der Waals surface area (Å²) in [6.07, 6.45) is 11.0. The molecule has 7 heteroatoms. The zero-order valence-electron chi connectivity index (χ0n) is 18.4. The van der Waals surface area contributed by atoms with Gasteiger partial charge in [0.2, 0.25) is 0 Å². The van der Waals surface area contributed by atoms with Gasteiger partial charge in [-0.25, -0.2) is 4.79 Å². The topological polar surface area (TPSA) is 78.9 Å². The molecular formula is C22H38O6S. The average Bonchev–Trinajstić information content (AvgIpc) is 2.67. The second-order valence-corrected chi connectivity index (χ2v) is 8.21. The van der Waals surface area contributed by atoms with Crippen molar-refractivity contribution in [3.8, 4) is 0 Å². The van der Waals surface area contributed by atoms with Gasteiger partial charge in [-0.05, 0) is 30.5 Å². The van der Waals surface area contributed by atoms with Crippen molar-refractivity contribution in [2.24, 2.45) is 5.92 Å². The van der Waals surface area contributed by atoms with Crippen molar-refractivity contribution in [3.63, 3.8) is 0 Å². The van der Waals surface area contributed by atoms with E-state index in [1.165, 1.54) is 19.8 Å². The van der Waals surface area contributed by atoms with Gasteiger partial charge in [-0.1, -0.05) is 65.0 Å². The van der Waals surface area contributed by atoms with E-state index in [9.17, 15) is 14.4 Å². The first-order chi connectivity index (χ1) is 13.9. The minimum absolute atomic E-state index is 0.122. The number of rotatable bonds is 16. The Morgan fingerprint density at radius 2 is 1.62 bits per heavy atom. The van der Waals surface area contributed by atoms with Gasteiger partial charge in [0.15, 0.2) is 6.10 Å². The van der Waals surface area contributed by atoms with Gasteiger partial charge in [0, 0.05) is 19.1 Å². The molecule has 0 N–H and O–H groups in total. The van der Waals surface area contributed by atoms with Crippen LogP contribution in [0.2, 0.25) is 0 Å². The van der Waals surface area contributed by atoms with Crippen LogP contribution in [0.3, 0.4) is 0 Å². The van der Waals surface area contributed by atoms with Crippen molar-refractivity contribution >= 4 is 29.0 Å². The maximum Gasteiger partial charge on any atom is 0.367 e. The molecule has 2 atom stereocenters. The molecule has 0 spiro atoms. The first-order valence-electron chi connectivity index (χ1n) is 10.7. The molecule has 0 aliphatic rings. The molecule has 6 nitrogen and oxygen atoms in total. The van der Waals surface area contributed by atoms with Crippen LogP contribution in [0.5, 0.6) is 0 Å². The van der Waals surface area contributed by atoms with Crippen LogP contribution in [0.1, 0.15) is 79.1 Å². The Morgan fingerprint density at radius 3 is 2.28 bits per heavy atom. The molecule has 0 heterocycles. The third-order valence-electron chi connectivity index (χ3n) is 4.12. The summed E-state index contributed by atoms with van der Waals surface area (Å²) < 4.78 is 15.5. The molecule has 0 aromatic carbocycles. The normalized spacial score (nSPS) is 13.1. The zero-order valence-corrected chi connectivity index (χ0v) is 19.3. The van der Waals surface area contributed by atoms with Crippen molar-refractivity contribution < 1.29 is 28.6 Å². The fourth-order valence-electron chi connectivity index (χ4n) is 2.47. The average molecular weight is 431 g/mol. The van der Waals surface area contributed by atoms with Crippen LogP contribution in [0, 0.1) is 5.92 Å². The summed E-state index contributed by atoms with van der Waals surface area (Å²) >= 11 is 1.08. The second kappa shape index (κ2) is 18.5. The van der Waals surface area contributed by atoms with E-state index in [1.54, 1.807) is 0 Å². The number of allylic oxidation sites excluding steroid dienone is 2. The van der Waals surface area contributed by atoms with Crippen LogP contribution >= 0.6 is 11.8 Å². The lowest BCUT2D eigenvalue weighted by molar-refractivity contribution is -0.161. The molecule has 0 saturated heterocycles. The molecule has 0 amide bonds. The summed E-state index contributed by atoms with van der Waals surface area (Å²) in [7, 11) is 0. The quantitative estimate of drug-likeness (QED) is 0.135. The molecule has 2 unspecified atom stereocenters. The smallest absolute Gasteiger partial charge is 0.367 e. The monoisotopic (exact) mass is 430 g/mol. The van der Waals surface area contributed by atoms with Crippen LogP contribution in [-0.2, 0) is 23.8 Å². The largest absolute Gasteiger partial charge is 0.462 e. The van der Waals surface area contributed by atoms with E-state index in [4.69, 9.17) is 14.2 Å². The highest BCUT2D eigenvalue weighted by Gasteiger charge is 2.20. The van der Waals surface area contributed by atoms with E-state index in [0.29, 0.717) is 12.2 Å². The predicted molar refractivity (Wildman–Crippen MR) is 117 cm³/mol. The van der Waals surface area contributed by atoms with Crippen molar-refractivity contribution in [1.29, 1.82) is 0 Å². The van der Waals surface area contributed by atoms with Crippen LogP contribution in [0.25, 0.3) is 0 Å². The lowest BCUT2D eigenvalue weighted by Crippen LogP contribution is -2.30. The summed E-state index contributed by atoms with van der Waals surface area (Å²) in [5, 5.41) is -0.424. The Balaban J connectivity index is 4.27. The van der Waals surface area contributed by atoms with Gasteiger partial charge in [-0.2, -0.15) is 0 Å². The lowest BCUT2D eigenvalue weighted by Gasteiger charge is -2.19. The summed E-state index contributed by atoms with van der Waals surface area (Å²) in [4.78, 5) is 35.0. The Bertz CT molecular complexity index is 492. The fourth-order valence-corrected chi connectivity index (χ4v) is 3.04. The summed E-state index contributed by atoms with van der Waals surface area (Å²) in [5.41, 5.74) is 0. The minimum Gasteiger partial charge on any atom is -0.462 e. The molecule has 0 saturated carbocycles. The van der Waals surface area contributed by atoms with Crippen LogP contribution in [0.4, 0.5) is 4.79 Å². The second-order valence-electron chi connectivity index (χ2n) is 7.18. The summed E-state index contributed by atoms with van der Waals surface area (Å²) in [6, 6.07) is 0. The molecule has 0 fully saturated rings. The van der Waals surface area contributed by atoms with E-state index < -0.39 is 17.4 Å². The Hall–Kier alpha value is -1.50. The van der Waals surface area contributed by atoms with Gasteiger partial charge >= 0.3 is 17.2 Å². The van der Waals surface area contributed by atoms with E-state index in [0.717, 1.165) is 43.9 Å². The van der Waals surface area contributed by atoms with Crippen molar-refractivity contribution in [2.75, 3.05) is 19.0 Å². The molecule has 168 valence electrons. The SMILES string of the molecule is CCCC/C=C\CCSC(=O)OCC(COC(C)=O)OC(=O)CC(C)CCCC. The van der Waals surface area contributed by atoms with Gasteiger partial charge in [0.05, 0.1) is 0 Å². The molecule has 0 aliphatic heterocycles. The number of unbranched alkanes of at least 4 members (excludes halogenated alkanes) is 3. The number of carbonyl (C=O) groups excluding carboxylic acids is 3. The molecule has 0 aliphatic carbocycles. The number of hydrogen-bond acceptors (Lipinski definition) is 7. The number of thioether (sulfide) groups is 1. The van der Waals surface area contributed by atoms with Gasteiger partial charge in [-0.3, -0.25) is 9.59 Å². The highest BCUT2D eigenvalue weighted by molar-refractivity contribution is 8.13. The fraction of sp³-hybridized carbons (Fsp3) is 0.773. The minimum atomic E-state index is -0.789. The summed E-state index contributed by atoms with van der Waals surface area (Å²) in [5.74, 6) is 0.00931. The Kier molecular flexibility index (Phi) is 17.6. The van der Waals surface area contributed by atoms with E-state index >= 15 is 0 Å². The Labute approximate surface area is 180 Å². The molecule has 0 radical (unpaired) electrons. The van der Waals surface area contributed by atoms with Crippen molar-refractivity contribution in [3.05, 3.63) is 12.2 Å². The first-order valence-corrected chi connectivity index (χ1v) is 11.6. The molecule has 0 aromatic heterocycles. The molecule has 29 heavy (non-hydrogen) atoms. The van der Waals surface area contributed by atoms with Crippen LogP contribution < -0.4 is 0 Å². The maximum absolute atomic E-state index is 12.1. The van der Waals surface area contributed by atoms with Gasteiger partial charge in [0.25, 0.3) is 0 Å². The Morgan fingerprint density at radius 1 is 0.966 bits per heavy atom. The van der Waals surface area contributed by atoms with Crippen LogP contribution in [-0.4, -0.2) is 42.3 Å². The van der Waals surface area contributed by atoms with E-state index in [1.807, 2.05) is 6.92 Å². The van der Waals surface area contributed by atoms with E-state index in [-0.39, 0.29) is 25.1 Å². The van der Waals surface area contributed by atoms with Crippen molar-refractivity contribution in [1.82, 2.24) is 0 Å². The van der Waals surface area contributed by atoms with Gasteiger partial charge < -0.3 is 14.2 Å². The number of ether oxygens (including phenoxy) is 3. The summed E-state index contributed by atoms with van der Waals surface area (Å²) in [6.45, 7) is 7.30.